The van der Waals surface area contributed by atoms with Gasteiger partial charge in [-0.15, -0.1) is 0 Å². The molecule has 5 nitrogen and oxygen atoms in total. The highest BCUT2D eigenvalue weighted by Gasteiger charge is 2.14. The summed E-state index contributed by atoms with van der Waals surface area (Å²) >= 11 is 0. The Hall–Kier alpha value is -1.36. The van der Waals surface area contributed by atoms with Crippen molar-refractivity contribution in [3.8, 4) is 0 Å². The van der Waals surface area contributed by atoms with Crippen LogP contribution in [0.4, 0.5) is 0 Å². The molecular weight excluding hydrogens is 182 g/mol. The number of hydrogen-bond acceptors (Lipinski definition) is 3. The van der Waals surface area contributed by atoms with E-state index in [1.807, 2.05) is 0 Å². The van der Waals surface area contributed by atoms with Gasteiger partial charge >= 0.3 is 5.97 Å². The largest absolute Gasteiger partial charge is 0.480 e. The molecule has 0 radical (unpaired) electrons. The Labute approximate surface area is 83.5 Å². The minimum absolute atomic E-state index is 0.233. The van der Waals surface area contributed by atoms with Gasteiger partial charge < -0.3 is 16.6 Å². The van der Waals surface area contributed by atoms with Gasteiger partial charge in [0.15, 0.2) is 0 Å². The van der Waals surface area contributed by atoms with Gasteiger partial charge in [0.05, 0.1) is 0 Å². The van der Waals surface area contributed by atoms with Crippen LogP contribution in [-0.4, -0.2) is 29.5 Å². The first-order valence-corrected chi connectivity index (χ1v) is 4.50. The Balaban J connectivity index is 4.35. The number of nitrogens with two attached hydrogens (primary N) is 2. The van der Waals surface area contributed by atoms with Crippen LogP contribution in [0.15, 0.2) is 17.1 Å². The van der Waals surface area contributed by atoms with Gasteiger partial charge in [-0.1, -0.05) is 6.08 Å². The van der Waals surface area contributed by atoms with Crippen LogP contribution in [-0.2, 0) is 4.79 Å². The summed E-state index contributed by atoms with van der Waals surface area (Å²) in [6, 6.07) is -0.783. The predicted octanol–water partition coefficient (Wildman–Crippen LogP) is 0.112. The number of carboxylic acids is 1. The molecule has 0 aromatic heterocycles. The van der Waals surface area contributed by atoms with Gasteiger partial charge in [0.25, 0.3) is 0 Å². The third-order valence-corrected chi connectivity index (χ3v) is 1.61. The Bertz CT molecular complexity index is 236. The summed E-state index contributed by atoms with van der Waals surface area (Å²) in [4.78, 5) is 14.6. The van der Waals surface area contributed by atoms with Crippen LogP contribution in [0.1, 0.15) is 19.8 Å². The lowest BCUT2D eigenvalue weighted by molar-refractivity contribution is -0.138. The Morgan fingerprint density at radius 1 is 1.64 bits per heavy atom. The summed E-state index contributed by atoms with van der Waals surface area (Å²) in [6.45, 7) is 2.25. The highest BCUT2D eigenvalue weighted by molar-refractivity contribution is 5.93. The highest BCUT2D eigenvalue weighted by Crippen LogP contribution is 2.01. The number of allylic oxidation sites excluding steroid dienone is 1. The Kier molecular flexibility index (Phi) is 6.39. The number of aliphatic carboxylic acids is 1. The van der Waals surface area contributed by atoms with Crippen molar-refractivity contribution in [3.05, 3.63) is 12.2 Å². The number of rotatable bonds is 6. The van der Waals surface area contributed by atoms with E-state index in [0.717, 1.165) is 0 Å². The topological polar surface area (TPSA) is 102 Å². The smallest absolute Gasteiger partial charge is 0.328 e. The lowest BCUT2D eigenvalue weighted by atomic mass is 10.1. The first-order valence-electron chi connectivity index (χ1n) is 4.50. The molecule has 5 heteroatoms. The number of hydrogen-bond donors (Lipinski definition) is 3. The van der Waals surface area contributed by atoms with Gasteiger partial charge in [0.2, 0.25) is 0 Å². The summed E-state index contributed by atoms with van der Waals surface area (Å²) < 4.78 is 0. The number of nitrogens with zero attached hydrogens (tertiary/aromatic N) is 1. The standard InChI is InChI=1S/C9H17N3O2/c1-2-4-8(11)12-7(9(13)14)5-3-6-10/h2,4,7H,3,5-6,10H2,1H3,(H2,11,12)(H,13,14)/t7-/m1/s1. The molecule has 0 aromatic carbocycles. The monoisotopic (exact) mass is 199 g/mol. The molecule has 0 bridgehead atoms. The summed E-state index contributed by atoms with van der Waals surface area (Å²) in [5, 5.41) is 8.79. The van der Waals surface area contributed by atoms with Crippen molar-refractivity contribution in [2.24, 2.45) is 16.5 Å². The van der Waals surface area contributed by atoms with Gasteiger partial charge in [-0.3, -0.25) is 4.99 Å². The third kappa shape index (κ3) is 5.31. The van der Waals surface area contributed by atoms with Gasteiger partial charge in [-0.2, -0.15) is 0 Å². The van der Waals surface area contributed by atoms with E-state index >= 15 is 0 Å². The molecule has 14 heavy (non-hydrogen) atoms. The molecule has 0 aliphatic heterocycles. The molecule has 0 aromatic rings. The van der Waals surface area contributed by atoms with Gasteiger partial charge in [-0.25, -0.2) is 4.79 Å². The van der Waals surface area contributed by atoms with Gasteiger partial charge in [-0.05, 0) is 32.4 Å². The van der Waals surface area contributed by atoms with E-state index in [1.54, 1.807) is 19.1 Å². The average Bonchev–Trinajstić information content (AvgIpc) is 2.12. The maximum atomic E-state index is 10.7. The predicted molar refractivity (Wildman–Crippen MR) is 56.1 cm³/mol. The maximum Gasteiger partial charge on any atom is 0.328 e. The molecule has 0 saturated heterocycles. The second kappa shape index (κ2) is 7.08. The number of carboxylic acid groups (broad SMARTS) is 1. The normalized spacial score (nSPS) is 14.6. The fourth-order valence-corrected chi connectivity index (χ4v) is 0.948. The number of carbonyl (C=O) groups is 1. The van der Waals surface area contributed by atoms with Crippen molar-refractivity contribution < 1.29 is 9.90 Å². The molecule has 0 amide bonds. The van der Waals surface area contributed by atoms with Crippen molar-refractivity contribution in [3.63, 3.8) is 0 Å². The quantitative estimate of drug-likeness (QED) is 0.417. The maximum absolute atomic E-state index is 10.7. The molecule has 0 heterocycles. The van der Waals surface area contributed by atoms with Gasteiger partial charge in [0, 0.05) is 0 Å². The molecule has 0 rings (SSSR count). The van der Waals surface area contributed by atoms with Crippen molar-refractivity contribution >= 4 is 11.8 Å². The summed E-state index contributed by atoms with van der Waals surface area (Å²) in [5.74, 6) is -0.733. The van der Waals surface area contributed by atoms with Crippen LogP contribution in [0, 0.1) is 0 Å². The summed E-state index contributed by atoms with van der Waals surface area (Å²) in [6.07, 6.45) is 4.33. The zero-order valence-corrected chi connectivity index (χ0v) is 8.31. The number of amidine groups is 1. The molecule has 0 spiro atoms. The molecule has 0 fully saturated rings. The van der Waals surface area contributed by atoms with Crippen molar-refractivity contribution in [1.29, 1.82) is 0 Å². The van der Waals surface area contributed by atoms with E-state index in [4.69, 9.17) is 16.6 Å². The third-order valence-electron chi connectivity index (χ3n) is 1.61. The Morgan fingerprint density at radius 3 is 2.71 bits per heavy atom. The van der Waals surface area contributed by atoms with Crippen LogP contribution in [0.3, 0.4) is 0 Å². The second-order valence-corrected chi connectivity index (χ2v) is 2.84. The minimum Gasteiger partial charge on any atom is -0.480 e. The SMILES string of the molecule is CC=CC(N)=N[C@H](CCCN)C(=O)O. The molecular formula is C9H17N3O2. The molecule has 80 valence electrons. The summed E-state index contributed by atoms with van der Waals surface area (Å²) in [7, 11) is 0. The van der Waals surface area contributed by atoms with Crippen molar-refractivity contribution in [2.45, 2.75) is 25.8 Å². The van der Waals surface area contributed by atoms with Crippen LogP contribution >= 0.6 is 0 Å². The fraction of sp³-hybridized carbons (Fsp3) is 0.556. The molecule has 5 N–H and O–H groups in total. The Morgan fingerprint density at radius 2 is 2.29 bits per heavy atom. The van der Waals surface area contributed by atoms with E-state index < -0.39 is 12.0 Å². The van der Waals surface area contributed by atoms with E-state index in [1.165, 1.54) is 0 Å². The second-order valence-electron chi connectivity index (χ2n) is 2.84. The van der Waals surface area contributed by atoms with E-state index in [-0.39, 0.29) is 5.84 Å². The zero-order chi connectivity index (χ0) is 11.0. The van der Waals surface area contributed by atoms with E-state index in [9.17, 15) is 4.79 Å². The highest BCUT2D eigenvalue weighted by atomic mass is 16.4. The van der Waals surface area contributed by atoms with Crippen molar-refractivity contribution in [1.82, 2.24) is 0 Å². The van der Waals surface area contributed by atoms with Crippen LogP contribution in [0.5, 0.6) is 0 Å². The summed E-state index contributed by atoms with van der Waals surface area (Å²) in [5.41, 5.74) is 10.7. The van der Waals surface area contributed by atoms with Crippen LogP contribution in [0.2, 0.25) is 0 Å². The average molecular weight is 199 g/mol. The molecule has 0 unspecified atom stereocenters. The molecule has 0 aliphatic rings. The first-order chi connectivity index (χ1) is 6.61. The van der Waals surface area contributed by atoms with Gasteiger partial charge in [0.1, 0.15) is 11.9 Å². The molecule has 0 saturated carbocycles. The lowest BCUT2D eigenvalue weighted by Crippen LogP contribution is -2.23. The zero-order valence-electron chi connectivity index (χ0n) is 8.31. The first kappa shape index (κ1) is 12.6. The van der Waals surface area contributed by atoms with Crippen LogP contribution < -0.4 is 11.5 Å². The van der Waals surface area contributed by atoms with Crippen LogP contribution in [0.25, 0.3) is 0 Å². The molecule has 1 atom stereocenters. The fourth-order valence-electron chi connectivity index (χ4n) is 0.948. The minimum atomic E-state index is -0.967. The van der Waals surface area contributed by atoms with Crippen molar-refractivity contribution in [2.75, 3.05) is 6.54 Å². The number of aliphatic imine (C=N–C) groups is 1. The van der Waals surface area contributed by atoms with E-state index in [2.05, 4.69) is 4.99 Å². The lowest BCUT2D eigenvalue weighted by Gasteiger charge is -2.06. The van der Waals surface area contributed by atoms with E-state index in [0.29, 0.717) is 19.4 Å². The molecule has 0 aliphatic carbocycles.